The van der Waals surface area contributed by atoms with Gasteiger partial charge in [0.2, 0.25) is 0 Å². The second-order valence-electron chi connectivity index (χ2n) is 6.37. The first-order valence-electron chi connectivity index (χ1n) is 6.99. The molecule has 0 aliphatic rings. The van der Waals surface area contributed by atoms with Gasteiger partial charge in [-0.2, -0.15) is 0 Å². The fourth-order valence-corrected chi connectivity index (χ4v) is 2.28. The van der Waals surface area contributed by atoms with Crippen LogP contribution in [0.3, 0.4) is 0 Å². The van der Waals surface area contributed by atoms with Crippen LogP contribution in [0.5, 0.6) is 0 Å². The minimum atomic E-state index is -0.778. The van der Waals surface area contributed by atoms with Crippen molar-refractivity contribution >= 4 is 0 Å². The van der Waals surface area contributed by atoms with Crippen LogP contribution in [0.4, 0.5) is 8.78 Å². The van der Waals surface area contributed by atoms with Gasteiger partial charge in [-0.1, -0.05) is 45.0 Å². The van der Waals surface area contributed by atoms with Crippen LogP contribution < -0.4 is 0 Å². The van der Waals surface area contributed by atoms with Crippen molar-refractivity contribution < 1.29 is 13.9 Å². The number of benzene rings is 2. The Morgan fingerprint density at radius 2 is 1.48 bits per heavy atom. The summed E-state index contributed by atoms with van der Waals surface area (Å²) in [5, 5.41) is 10.2. The molecule has 0 spiro atoms. The molecule has 3 heteroatoms. The Bertz CT molecular complexity index is 592. The first-order valence-corrected chi connectivity index (χ1v) is 6.99. The SMILES string of the molecule is CC(C)(C)c1ccc(C(O)Cc2cc(F)cc(F)c2)cc1. The van der Waals surface area contributed by atoms with Crippen molar-refractivity contribution in [3.05, 3.63) is 70.8 Å². The van der Waals surface area contributed by atoms with E-state index in [-0.39, 0.29) is 11.8 Å². The second-order valence-corrected chi connectivity index (χ2v) is 6.37. The summed E-state index contributed by atoms with van der Waals surface area (Å²) in [6, 6.07) is 11.0. The van der Waals surface area contributed by atoms with Gasteiger partial charge in [-0.15, -0.1) is 0 Å². The van der Waals surface area contributed by atoms with Gasteiger partial charge in [-0.25, -0.2) is 8.78 Å². The maximum Gasteiger partial charge on any atom is 0.126 e. The van der Waals surface area contributed by atoms with Gasteiger partial charge in [0.25, 0.3) is 0 Å². The molecule has 0 amide bonds. The van der Waals surface area contributed by atoms with Crippen LogP contribution in [0.15, 0.2) is 42.5 Å². The lowest BCUT2D eigenvalue weighted by atomic mass is 9.86. The van der Waals surface area contributed by atoms with Crippen LogP contribution in [0.2, 0.25) is 0 Å². The summed E-state index contributed by atoms with van der Waals surface area (Å²) in [4.78, 5) is 0. The maximum atomic E-state index is 13.1. The van der Waals surface area contributed by atoms with Crippen LogP contribution in [-0.2, 0) is 11.8 Å². The van der Waals surface area contributed by atoms with E-state index in [4.69, 9.17) is 0 Å². The van der Waals surface area contributed by atoms with Crippen LogP contribution in [0.1, 0.15) is 43.6 Å². The zero-order valence-corrected chi connectivity index (χ0v) is 12.5. The Kier molecular flexibility index (Phi) is 4.43. The van der Waals surface area contributed by atoms with E-state index in [2.05, 4.69) is 20.8 Å². The lowest BCUT2D eigenvalue weighted by Gasteiger charge is -2.20. The van der Waals surface area contributed by atoms with E-state index in [1.807, 2.05) is 24.3 Å². The monoisotopic (exact) mass is 290 g/mol. The standard InChI is InChI=1S/C18H20F2O/c1-18(2,3)14-6-4-13(5-7-14)17(21)10-12-8-15(19)11-16(20)9-12/h4-9,11,17,21H,10H2,1-3H3. The van der Waals surface area contributed by atoms with Gasteiger partial charge < -0.3 is 5.11 Å². The number of hydrogen-bond acceptors (Lipinski definition) is 1. The molecule has 0 aliphatic carbocycles. The number of hydrogen-bond donors (Lipinski definition) is 1. The molecule has 0 aromatic heterocycles. The van der Waals surface area contributed by atoms with Gasteiger partial charge in [0.15, 0.2) is 0 Å². The summed E-state index contributed by atoms with van der Waals surface area (Å²) in [5.74, 6) is -1.25. The summed E-state index contributed by atoms with van der Waals surface area (Å²) in [5.41, 5.74) is 2.41. The fraction of sp³-hybridized carbons (Fsp3) is 0.333. The third-order valence-corrected chi connectivity index (χ3v) is 3.51. The predicted molar refractivity (Wildman–Crippen MR) is 80.2 cm³/mol. The Morgan fingerprint density at radius 1 is 0.952 bits per heavy atom. The normalized spacial score (nSPS) is 13.2. The third-order valence-electron chi connectivity index (χ3n) is 3.51. The third kappa shape index (κ3) is 4.11. The van der Waals surface area contributed by atoms with Crippen molar-refractivity contribution in [2.75, 3.05) is 0 Å². The Balaban J connectivity index is 2.15. The maximum absolute atomic E-state index is 13.1. The molecule has 0 radical (unpaired) electrons. The molecule has 0 saturated heterocycles. The number of halogens is 2. The quantitative estimate of drug-likeness (QED) is 0.880. The van der Waals surface area contributed by atoms with Crippen molar-refractivity contribution in [1.29, 1.82) is 0 Å². The lowest BCUT2D eigenvalue weighted by molar-refractivity contribution is 0.178. The first-order chi connectivity index (χ1) is 9.75. The number of aliphatic hydroxyl groups excluding tert-OH is 1. The minimum absolute atomic E-state index is 0.0508. The minimum Gasteiger partial charge on any atom is -0.388 e. The Morgan fingerprint density at radius 3 is 1.95 bits per heavy atom. The smallest absolute Gasteiger partial charge is 0.126 e. The molecule has 21 heavy (non-hydrogen) atoms. The summed E-state index contributed by atoms with van der Waals surface area (Å²) in [6.07, 6.45) is -0.594. The molecule has 0 heterocycles. The zero-order chi connectivity index (χ0) is 15.6. The molecule has 2 aromatic rings. The van der Waals surface area contributed by atoms with Crippen molar-refractivity contribution in [1.82, 2.24) is 0 Å². The highest BCUT2D eigenvalue weighted by atomic mass is 19.1. The highest BCUT2D eigenvalue weighted by Gasteiger charge is 2.15. The number of aliphatic hydroxyl groups is 1. The van der Waals surface area contributed by atoms with E-state index in [9.17, 15) is 13.9 Å². The van der Waals surface area contributed by atoms with Crippen LogP contribution in [-0.4, -0.2) is 5.11 Å². The molecule has 0 saturated carbocycles. The average molecular weight is 290 g/mol. The summed E-state index contributed by atoms with van der Waals surface area (Å²) in [6.45, 7) is 6.36. The van der Waals surface area contributed by atoms with Crippen LogP contribution >= 0.6 is 0 Å². The molecule has 112 valence electrons. The van der Waals surface area contributed by atoms with E-state index in [1.54, 1.807) is 0 Å². The summed E-state index contributed by atoms with van der Waals surface area (Å²) >= 11 is 0. The molecule has 2 aromatic carbocycles. The second kappa shape index (κ2) is 5.94. The van der Waals surface area contributed by atoms with Crippen molar-refractivity contribution in [3.63, 3.8) is 0 Å². The largest absolute Gasteiger partial charge is 0.388 e. The van der Waals surface area contributed by atoms with Crippen molar-refractivity contribution in [2.45, 2.75) is 38.7 Å². The summed E-state index contributed by atoms with van der Waals surface area (Å²) < 4.78 is 26.3. The molecule has 1 nitrogen and oxygen atoms in total. The van der Waals surface area contributed by atoms with Crippen molar-refractivity contribution in [3.8, 4) is 0 Å². The Labute approximate surface area is 124 Å². The number of rotatable bonds is 3. The highest BCUT2D eigenvalue weighted by Crippen LogP contribution is 2.25. The van der Waals surface area contributed by atoms with E-state index < -0.39 is 17.7 Å². The molecule has 0 bridgehead atoms. The zero-order valence-electron chi connectivity index (χ0n) is 12.5. The summed E-state index contributed by atoms with van der Waals surface area (Å²) in [7, 11) is 0. The van der Waals surface area contributed by atoms with E-state index in [1.165, 1.54) is 17.7 Å². The molecule has 2 rings (SSSR count). The molecule has 1 atom stereocenters. The van der Waals surface area contributed by atoms with E-state index in [0.717, 1.165) is 11.6 Å². The van der Waals surface area contributed by atoms with Gasteiger partial charge in [-0.05, 0) is 34.2 Å². The van der Waals surface area contributed by atoms with Crippen molar-refractivity contribution in [2.24, 2.45) is 0 Å². The molecule has 1 N–H and O–H groups in total. The van der Waals surface area contributed by atoms with Crippen LogP contribution in [0, 0.1) is 11.6 Å². The van der Waals surface area contributed by atoms with Crippen LogP contribution in [0.25, 0.3) is 0 Å². The molecular weight excluding hydrogens is 270 g/mol. The molecule has 0 aliphatic heterocycles. The van der Waals surface area contributed by atoms with E-state index >= 15 is 0 Å². The van der Waals surface area contributed by atoms with Gasteiger partial charge in [0.05, 0.1) is 6.10 Å². The topological polar surface area (TPSA) is 20.2 Å². The predicted octanol–water partition coefficient (Wildman–Crippen LogP) is 4.54. The highest BCUT2D eigenvalue weighted by molar-refractivity contribution is 5.30. The first kappa shape index (κ1) is 15.6. The van der Waals surface area contributed by atoms with Gasteiger partial charge >= 0.3 is 0 Å². The molecule has 0 fully saturated rings. The fourth-order valence-electron chi connectivity index (χ4n) is 2.28. The average Bonchev–Trinajstić information content (AvgIpc) is 2.36. The molecule has 1 unspecified atom stereocenters. The van der Waals surface area contributed by atoms with Gasteiger partial charge in [0, 0.05) is 12.5 Å². The van der Waals surface area contributed by atoms with Gasteiger partial charge in [-0.3, -0.25) is 0 Å². The molecular formula is C18H20F2O. The van der Waals surface area contributed by atoms with E-state index in [0.29, 0.717) is 5.56 Å². The van der Waals surface area contributed by atoms with Gasteiger partial charge in [0.1, 0.15) is 11.6 Å². The Hall–Kier alpha value is -1.74. The lowest BCUT2D eigenvalue weighted by Crippen LogP contribution is -2.11.